The summed E-state index contributed by atoms with van der Waals surface area (Å²) < 4.78 is 22.2. The van der Waals surface area contributed by atoms with Gasteiger partial charge in [-0.15, -0.1) is 11.3 Å². The Morgan fingerprint density at radius 2 is 2.00 bits per heavy atom. The average molecular weight is 345 g/mol. The molecule has 1 heterocycles. The summed E-state index contributed by atoms with van der Waals surface area (Å²) in [4.78, 5) is 15.9. The van der Waals surface area contributed by atoms with Crippen LogP contribution in [0.25, 0.3) is 0 Å². The minimum atomic E-state index is -3.69. The highest BCUT2D eigenvalue weighted by atomic mass is 35.7. The van der Waals surface area contributed by atoms with Crippen molar-refractivity contribution in [2.45, 2.75) is 18.2 Å². The van der Waals surface area contributed by atoms with Crippen LogP contribution in [0, 0.1) is 6.92 Å². The van der Waals surface area contributed by atoms with Gasteiger partial charge in [0, 0.05) is 22.6 Å². The van der Waals surface area contributed by atoms with Gasteiger partial charge in [-0.1, -0.05) is 12.1 Å². The van der Waals surface area contributed by atoms with E-state index >= 15 is 0 Å². The molecule has 8 heteroatoms. The monoisotopic (exact) mass is 344 g/mol. The van der Waals surface area contributed by atoms with Gasteiger partial charge in [0.05, 0.1) is 9.90 Å². The normalized spacial score (nSPS) is 11.3. The standard InChI is InChI=1S/C13H13ClN2O3S2/c1-9-16-12(8-20-9)13(17)15-7-6-10-2-4-11(5-3-10)21(14,18)19/h2-5,8H,6-7H2,1H3,(H,15,17). The van der Waals surface area contributed by atoms with Gasteiger partial charge in [0.15, 0.2) is 0 Å². The number of hydrogen-bond acceptors (Lipinski definition) is 5. The maximum atomic E-state index is 11.8. The van der Waals surface area contributed by atoms with Crippen LogP contribution in [-0.4, -0.2) is 25.9 Å². The Morgan fingerprint density at radius 1 is 1.33 bits per heavy atom. The SMILES string of the molecule is Cc1nc(C(=O)NCCc2ccc(S(=O)(=O)Cl)cc2)cs1. The Bertz CT molecular complexity index is 739. The topological polar surface area (TPSA) is 76.1 Å². The molecule has 0 spiro atoms. The predicted molar refractivity (Wildman–Crippen MR) is 82.4 cm³/mol. The molecule has 0 aliphatic rings. The molecular weight excluding hydrogens is 332 g/mol. The van der Waals surface area contributed by atoms with E-state index < -0.39 is 9.05 Å². The van der Waals surface area contributed by atoms with Gasteiger partial charge >= 0.3 is 0 Å². The van der Waals surface area contributed by atoms with Gasteiger partial charge in [0.1, 0.15) is 5.69 Å². The van der Waals surface area contributed by atoms with Gasteiger partial charge in [-0.3, -0.25) is 4.79 Å². The molecule has 112 valence electrons. The number of thiazole rings is 1. The lowest BCUT2D eigenvalue weighted by Gasteiger charge is -2.04. The summed E-state index contributed by atoms with van der Waals surface area (Å²) in [7, 11) is 1.54. The molecule has 21 heavy (non-hydrogen) atoms. The van der Waals surface area contributed by atoms with Crippen molar-refractivity contribution in [1.29, 1.82) is 0 Å². The fourth-order valence-corrected chi connectivity index (χ4v) is 3.06. The first-order valence-corrected chi connectivity index (χ1v) is 9.29. The van der Waals surface area contributed by atoms with Gasteiger partial charge in [-0.25, -0.2) is 13.4 Å². The van der Waals surface area contributed by atoms with Gasteiger partial charge in [0.2, 0.25) is 0 Å². The molecule has 2 aromatic rings. The molecule has 0 radical (unpaired) electrons. The van der Waals surface area contributed by atoms with E-state index in [4.69, 9.17) is 10.7 Å². The fourth-order valence-electron chi connectivity index (χ4n) is 1.70. The Hall–Kier alpha value is -1.44. The third-order valence-corrected chi connectivity index (χ3v) is 4.90. The number of hydrogen-bond donors (Lipinski definition) is 1. The molecular formula is C13H13ClN2O3S2. The van der Waals surface area contributed by atoms with Crippen molar-refractivity contribution in [2.75, 3.05) is 6.54 Å². The molecule has 0 saturated carbocycles. The van der Waals surface area contributed by atoms with Gasteiger partial charge in [-0.2, -0.15) is 0 Å². The van der Waals surface area contributed by atoms with Crippen LogP contribution in [0.5, 0.6) is 0 Å². The number of carbonyl (C=O) groups is 1. The Kier molecular flexibility index (Phi) is 4.97. The van der Waals surface area contributed by atoms with Crippen LogP contribution in [0.15, 0.2) is 34.5 Å². The summed E-state index contributed by atoms with van der Waals surface area (Å²) >= 11 is 1.43. The molecule has 0 atom stereocenters. The highest BCUT2D eigenvalue weighted by Gasteiger charge is 2.10. The molecule has 1 aromatic carbocycles. The van der Waals surface area contributed by atoms with Crippen LogP contribution in [-0.2, 0) is 15.5 Å². The lowest BCUT2D eigenvalue weighted by molar-refractivity contribution is 0.0949. The van der Waals surface area contributed by atoms with E-state index in [1.165, 1.54) is 23.5 Å². The molecule has 0 fully saturated rings. The number of halogens is 1. The number of rotatable bonds is 5. The number of carbonyl (C=O) groups excluding carboxylic acids is 1. The summed E-state index contributed by atoms with van der Waals surface area (Å²) in [6.07, 6.45) is 0.595. The van der Waals surface area contributed by atoms with Crippen molar-refractivity contribution >= 4 is 37.0 Å². The van der Waals surface area contributed by atoms with Crippen molar-refractivity contribution in [3.8, 4) is 0 Å². The molecule has 0 bridgehead atoms. The maximum Gasteiger partial charge on any atom is 0.270 e. The van der Waals surface area contributed by atoms with Crippen LogP contribution >= 0.6 is 22.0 Å². The van der Waals surface area contributed by atoms with E-state index in [-0.39, 0.29) is 10.8 Å². The van der Waals surface area contributed by atoms with Crippen molar-refractivity contribution in [3.05, 3.63) is 45.9 Å². The summed E-state index contributed by atoms with van der Waals surface area (Å²) in [5.74, 6) is -0.209. The molecule has 0 aliphatic carbocycles. The lowest BCUT2D eigenvalue weighted by atomic mass is 10.1. The van der Waals surface area contributed by atoms with E-state index in [2.05, 4.69) is 10.3 Å². The number of nitrogens with zero attached hydrogens (tertiary/aromatic N) is 1. The smallest absolute Gasteiger partial charge is 0.270 e. The van der Waals surface area contributed by atoms with Gasteiger partial charge in [-0.05, 0) is 31.0 Å². The number of aryl methyl sites for hydroxylation is 1. The van der Waals surface area contributed by atoms with Gasteiger partial charge < -0.3 is 5.32 Å². The van der Waals surface area contributed by atoms with Crippen LogP contribution in [0.3, 0.4) is 0 Å². The van der Waals surface area contributed by atoms with E-state index in [9.17, 15) is 13.2 Å². The van der Waals surface area contributed by atoms with Crippen LogP contribution in [0.2, 0.25) is 0 Å². The van der Waals surface area contributed by atoms with E-state index in [0.29, 0.717) is 18.7 Å². The zero-order valence-electron chi connectivity index (χ0n) is 11.2. The largest absolute Gasteiger partial charge is 0.350 e. The second kappa shape index (κ2) is 6.55. The second-order valence-corrected chi connectivity index (χ2v) is 7.97. The first kappa shape index (κ1) is 15.9. The fraction of sp³-hybridized carbons (Fsp3) is 0.231. The summed E-state index contributed by atoms with van der Waals surface area (Å²) in [5, 5.41) is 5.33. The molecule has 2 rings (SSSR count). The summed E-state index contributed by atoms with van der Waals surface area (Å²) in [5.41, 5.74) is 1.33. The molecule has 1 amide bonds. The van der Waals surface area contributed by atoms with E-state index in [0.717, 1.165) is 10.6 Å². The Balaban J connectivity index is 1.88. The summed E-state index contributed by atoms with van der Waals surface area (Å²) in [6, 6.07) is 6.25. The van der Waals surface area contributed by atoms with Crippen molar-refractivity contribution in [1.82, 2.24) is 10.3 Å². The average Bonchev–Trinajstić information content (AvgIpc) is 2.85. The molecule has 0 saturated heterocycles. The first-order valence-electron chi connectivity index (χ1n) is 6.10. The maximum absolute atomic E-state index is 11.8. The van der Waals surface area contributed by atoms with Gasteiger partial charge in [0.25, 0.3) is 15.0 Å². The summed E-state index contributed by atoms with van der Waals surface area (Å²) in [6.45, 7) is 2.29. The van der Waals surface area contributed by atoms with E-state index in [1.807, 2.05) is 6.92 Å². The van der Waals surface area contributed by atoms with Crippen molar-refractivity contribution < 1.29 is 13.2 Å². The number of nitrogens with one attached hydrogen (secondary N) is 1. The molecule has 5 nitrogen and oxygen atoms in total. The predicted octanol–water partition coefficient (Wildman–Crippen LogP) is 2.35. The molecule has 1 aromatic heterocycles. The highest BCUT2D eigenvalue weighted by molar-refractivity contribution is 8.13. The number of amides is 1. The number of aromatic nitrogens is 1. The van der Waals surface area contributed by atoms with E-state index in [1.54, 1.807) is 17.5 Å². The second-order valence-electron chi connectivity index (χ2n) is 4.34. The minimum absolute atomic E-state index is 0.0647. The Labute approximate surface area is 131 Å². The highest BCUT2D eigenvalue weighted by Crippen LogP contribution is 2.15. The molecule has 1 N–H and O–H groups in total. The minimum Gasteiger partial charge on any atom is -0.350 e. The van der Waals surface area contributed by atoms with Crippen LogP contribution in [0.1, 0.15) is 21.1 Å². The number of benzene rings is 1. The third kappa shape index (κ3) is 4.52. The quantitative estimate of drug-likeness (QED) is 0.845. The van der Waals surface area contributed by atoms with Crippen molar-refractivity contribution in [2.24, 2.45) is 0 Å². The molecule has 0 unspecified atom stereocenters. The Morgan fingerprint density at radius 3 is 2.52 bits per heavy atom. The zero-order chi connectivity index (χ0) is 15.5. The zero-order valence-corrected chi connectivity index (χ0v) is 13.6. The van der Waals surface area contributed by atoms with Crippen molar-refractivity contribution in [3.63, 3.8) is 0 Å². The lowest BCUT2D eigenvalue weighted by Crippen LogP contribution is -2.25. The van der Waals surface area contributed by atoms with Crippen LogP contribution < -0.4 is 5.32 Å². The third-order valence-electron chi connectivity index (χ3n) is 2.76. The molecule has 0 aliphatic heterocycles. The first-order chi connectivity index (χ1) is 9.86. The van der Waals surface area contributed by atoms with Crippen LogP contribution in [0.4, 0.5) is 0 Å².